The van der Waals surface area contributed by atoms with Crippen molar-refractivity contribution in [1.82, 2.24) is 15.1 Å². The van der Waals surface area contributed by atoms with Crippen molar-refractivity contribution in [2.24, 2.45) is 5.92 Å². The Bertz CT molecular complexity index is 370. The van der Waals surface area contributed by atoms with Crippen LogP contribution >= 0.6 is 0 Å². The minimum absolute atomic E-state index is 0.627. The second-order valence-electron chi connectivity index (χ2n) is 6.22. The standard InChI is InChI=1S/C16H29N3O/c1-14(2)13-20-11-5-9-17-12-15-8-10-19(18-15)16-6-3-4-7-16/h8,10,14,16-17H,3-7,9,11-13H2,1-2H3. The molecule has 0 aromatic carbocycles. The van der Waals surface area contributed by atoms with Gasteiger partial charge in [0.1, 0.15) is 0 Å². The predicted octanol–water partition coefficient (Wildman–Crippen LogP) is 3.15. The van der Waals surface area contributed by atoms with Crippen LogP contribution in [0.4, 0.5) is 0 Å². The minimum atomic E-state index is 0.627. The van der Waals surface area contributed by atoms with Crippen LogP contribution in [-0.4, -0.2) is 29.5 Å². The smallest absolute Gasteiger partial charge is 0.0762 e. The van der Waals surface area contributed by atoms with Gasteiger partial charge in [0.2, 0.25) is 0 Å². The van der Waals surface area contributed by atoms with E-state index in [1.807, 2.05) is 0 Å². The fraction of sp³-hybridized carbons (Fsp3) is 0.812. The maximum absolute atomic E-state index is 5.56. The first-order chi connectivity index (χ1) is 9.75. The Morgan fingerprint density at radius 3 is 2.95 bits per heavy atom. The van der Waals surface area contributed by atoms with Gasteiger partial charge in [-0.05, 0) is 37.8 Å². The summed E-state index contributed by atoms with van der Waals surface area (Å²) in [5.74, 6) is 0.627. The van der Waals surface area contributed by atoms with Gasteiger partial charge in [-0.1, -0.05) is 26.7 Å². The van der Waals surface area contributed by atoms with Crippen LogP contribution < -0.4 is 5.32 Å². The Balaban J connectivity index is 1.55. The molecule has 114 valence electrons. The SMILES string of the molecule is CC(C)COCCCNCc1ccn(C2CCCC2)n1. The number of rotatable bonds is 9. The lowest BCUT2D eigenvalue weighted by Gasteiger charge is -2.09. The molecule has 0 spiro atoms. The third-order valence-electron chi connectivity index (χ3n) is 3.76. The average molecular weight is 279 g/mol. The number of hydrogen-bond acceptors (Lipinski definition) is 3. The first-order valence-corrected chi connectivity index (χ1v) is 8.08. The summed E-state index contributed by atoms with van der Waals surface area (Å²) in [6.45, 7) is 7.93. The summed E-state index contributed by atoms with van der Waals surface area (Å²) in [6, 6.07) is 2.79. The summed E-state index contributed by atoms with van der Waals surface area (Å²) in [4.78, 5) is 0. The van der Waals surface area contributed by atoms with E-state index >= 15 is 0 Å². The van der Waals surface area contributed by atoms with E-state index in [-0.39, 0.29) is 0 Å². The van der Waals surface area contributed by atoms with Crippen LogP contribution in [0.2, 0.25) is 0 Å². The molecule has 20 heavy (non-hydrogen) atoms. The number of nitrogens with one attached hydrogen (secondary N) is 1. The Morgan fingerprint density at radius 2 is 2.20 bits per heavy atom. The molecule has 1 aromatic heterocycles. The maximum Gasteiger partial charge on any atom is 0.0762 e. The zero-order valence-electron chi connectivity index (χ0n) is 13.0. The van der Waals surface area contributed by atoms with Crippen molar-refractivity contribution in [3.05, 3.63) is 18.0 Å². The van der Waals surface area contributed by atoms with Crippen molar-refractivity contribution in [3.8, 4) is 0 Å². The maximum atomic E-state index is 5.56. The first kappa shape index (κ1) is 15.5. The van der Waals surface area contributed by atoms with Gasteiger partial charge < -0.3 is 10.1 Å². The molecule has 1 saturated carbocycles. The van der Waals surface area contributed by atoms with Crippen molar-refractivity contribution in [2.75, 3.05) is 19.8 Å². The van der Waals surface area contributed by atoms with E-state index in [0.29, 0.717) is 12.0 Å². The van der Waals surface area contributed by atoms with Gasteiger partial charge in [0.15, 0.2) is 0 Å². The molecule has 0 saturated heterocycles. The van der Waals surface area contributed by atoms with Gasteiger partial charge >= 0.3 is 0 Å². The number of nitrogens with zero attached hydrogens (tertiary/aromatic N) is 2. The van der Waals surface area contributed by atoms with Crippen molar-refractivity contribution in [2.45, 2.75) is 58.5 Å². The van der Waals surface area contributed by atoms with E-state index in [2.05, 4.69) is 41.2 Å². The van der Waals surface area contributed by atoms with Gasteiger partial charge in [0, 0.05) is 26.0 Å². The van der Waals surface area contributed by atoms with Gasteiger partial charge in [-0.3, -0.25) is 4.68 Å². The number of ether oxygens (including phenoxy) is 1. The van der Waals surface area contributed by atoms with Gasteiger partial charge in [-0.25, -0.2) is 0 Å². The molecule has 1 aliphatic rings. The molecule has 1 aliphatic carbocycles. The van der Waals surface area contributed by atoms with E-state index in [4.69, 9.17) is 4.74 Å². The highest BCUT2D eigenvalue weighted by atomic mass is 16.5. The molecule has 1 aromatic rings. The summed E-state index contributed by atoms with van der Waals surface area (Å²) in [5.41, 5.74) is 1.15. The Labute approximate surface area is 122 Å². The van der Waals surface area contributed by atoms with Crippen molar-refractivity contribution in [3.63, 3.8) is 0 Å². The molecule has 1 heterocycles. The Hall–Kier alpha value is -0.870. The molecule has 4 heteroatoms. The topological polar surface area (TPSA) is 39.1 Å². The van der Waals surface area contributed by atoms with Gasteiger partial charge in [0.25, 0.3) is 0 Å². The summed E-state index contributed by atoms with van der Waals surface area (Å²) < 4.78 is 7.72. The van der Waals surface area contributed by atoms with Crippen LogP contribution in [0.1, 0.15) is 57.7 Å². The largest absolute Gasteiger partial charge is 0.381 e. The lowest BCUT2D eigenvalue weighted by atomic mass is 10.2. The van der Waals surface area contributed by atoms with Gasteiger partial charge in [-0.2, -0.15) is 5.10 Å². The summed E-state index contributed by atoms with van der Waals surface area (Å²) in [5, 5.41) is 8.11. The summed E-state index contributed by atoms with van der Waals surface area (Å²) >= 11 is 0. The third-order valence-corrected chi connectivity index (χ3v) is 3.76. The highest BCUT2D eigenvalue weighted by molar-refractivity contribution is 4.99. The number of aromatic nitrogens is 2. The second kappa shape index (κ2) is 8.42. The molecular weight excluding hydrogens is 250 g/mol. The molecule has 0 aliphatic heterocycles. The molecule has 0 amide bonds. The van der Waals surface area contributed by atoms with Crippen molar-refractivity contribution < 1.29 is 4.74 Å². The van der Waals surface area contributed by atoms with E-state index < -0.39 is 0 Å². The Kier molecular flexibility index (Phi) is 6.54. The molecule has 1 fully saturated rings. The molecule has 0 atom stereocenters. The molecule has 1 N–H and O–H groups in total. The summed E-state index contributed by atoms with van der Waals surface area (Å²) in [6.07, 6.45) is 8.50. The summed E-state index contributed by atoms with van der Waals surface area (Å²) in [7, 11) is 0. The van der Waals surface area contributed by atoms with Crippen molar-refractivity contribution in [1.29, 1.82) is 0 Å². The van der Waals surface area contributed by atoms with Gasteiger partial charge in [0.05, 0.1) is 11.7 Å². The van der Waals surface area contributed by atoms with Crippen LogP contribution in [0, 0.1) is 5.92 Å². The second-order valence-corrected chi connectivity index (χ2v) is 6.22. The molecule has 0 radical (unpaired) electrons. The highest BCUT2D eigenvalue weighted by Gasteiger charge is 2.17. The first-order valence-electron chi connectivity index (χ1n) is 8.08. The van der Waals surface area contributed by atoms with Crippen LogP contribution in [0.15, 0.2) is 12.3 Å². The van der Waals surface area contributed by atoms with E-state index in [0.717, 1.165) is 38.4 Å². The Morgan fingerprint density at radius 1 is 1.40 bits per heavy atom. The van der Waals surface area contributed by atoms with E-state index in [1.54, 1.807) is 0 Å². The molecule has 0 bridgehead atoms. The van der Waals surface area contributed by atoms with Gasteiger partial charge in [-0.15, -0.1) is 0 Å². The minimum Gasteiger partial charge on any atom is -0.381 e. The predicted molar refractivity (Wildman–Crippen MR) is 81.7 cm³/mol. The highest BCUT2D eigenvalue weighted by Crippen LogP contribution is 2.28. The number of hydrogen-bond donors (Lipinski definition) is 1. The van der Waals surface area contributed by atoms with Crippen LogP contribution in [0.25, 0.3) is 0 Å². The molecule has 4 nitrogen and oxygen atoms in total. The van der Waals surface area contributed by atoms with Crippen LogP contribution in [0.3, 0.4) is 0 Å². The normalized spacial score (nSPS) is 16.4. The zero-order valence-corrected chi connectivity index (χ0v) is 13.0. The fourth-order valence-electron chi connectivity index (χ4n) is 2.68. The fourth-order valence-corrected chi connectivity index (χ4v) is 2.68. The van der Waals surface area contributed by atoms with Crippen molar-refractivity contribution >= 4 is 0 Å². The average Bonchev–Trinajstić information content (AvgIpc) is 3.08. The van der Waals surface area contributed by atoms with E-state index in [9.17, 15) is 0 Å². The van der Waals surface area contributed by atoms with Crippen LogP contribution in [0.5, 0.6) is 0 Å². The third kappa shape index (κ3) is 5.25. The molecule has 2 rings (SSSR count). The molecule has 0 unspecified atom stereocenters. The quantitative estimate of drug-likeness (QED) is 0.706. The van der Waals surface area contributed by atoms with Crippen LogP contribution in [-0.2, 0) is 11.3 Å². The monoisotopic (exact) mass is 279 g/mol. The zero-order chi connectivity index (χ0) is 14.2. The molecular formula is C16H29N3O. The lowest BCUT2D eigenvalue weighted by Crippen LogP contribution is -2.17. The van der Waals surface area contributed by atoms with E-state index in [1.165, 1.54) is 25.7 Å². The lowest BCUT2D eigenvalue weighted by molar-refractivity contribution is 0.108.